The lowest BCUT2D eigenvalue weighted by atomic mass is 9.63. The van der Waals surface area contributed by atoms with Crippen LogP contribution in [0.15, 0.2) is 59.1 Å². The summed E-state index contributed by atoms with van der Waals surface area (Å²) < 4.78 is 0.854. The molecular formula is C27H24BrN3O5. The van der Waals surface area contributed by atoms with E-state index in [1.807, 2.05) is 19.1 Å². The second kappa shape index (κ2) is 8.37. The van der Waals surface area contributed by atoms with Gasteiger partial charge >= 0.3 is 0 Å². The first-order valence-electron chi connectivity index (χ1n) is 12.2. The van der Waals surface area contributed by atoms with Crippen LogP contribution >= 0.6 is 15.9 Å². The largest absolute Gasteiger partial charge is 0.289 e. The van der Waals surface area contributed by atoms with Crippen molar-refractivity contribution in [3.8, 4) is 0 Å². The van der Waals surface area contributed by atoms with Crippen LogP contribution in [-0.4, -0.2) is 34.2 Å². The van der Waals surface area contributed by atoms with E-state index in [1.54, 1.807) is 6.07 Å². The van der Waals surface area contributed by atoms with Crippen molar-refractivity contribution in [3.63, 3.8) is 0 Å². The minimum absolute atomic E-state index is 0.101. The number of imide groups is 1. The molecule has 3 amide bonds. The van der Waals surface area contributed by atoms with Crippen LogP contribution in [0.25, 0.3) is 0 Å². The lowest BCUT2D eigenvalue weighted by Gasteiger charge is -2.37. The molecule has 2 aromatic rings. The molecule has 0 radical (unpaired) electrons. The average molecular weight is 550 g/mol. The Kier molecular flexibility index (Phi) is 5.37. The molecule has 36 heavy (non-hydrogen) atoms. The Morgan fingerprint density at radius 3 is 2.22 bits per heavy atom. The molecular weight excluding hydrogens is 526 g/mol. The standard InChI is InChI=1S/C27H24BrN3O5/c1-2-14-11-16(28)5-10-22(14)29(25(32)15-3-6-17(7-4-15)31(35)36)13-30-26(33)23-18-8-9-19(21-12-20(18)21)24(23)27(30)34/h3-11,18-21,23-24H,2,12-13H2,1H3. The molecule has 6 unspecified atom stereocenters. The Bertz CT molecular complexity index is 1300. The fourth-order valence-electron chi connectivity index (χ4n) is 6.53. The first-order valence-corrected chi connectivity index (χ1v) is 13.0. The third-order valence-electron chi connectivity index (χ3n) is 8.32. The van der Waals surface area contributed by atoms with E-state index < -0.39 is 10.8 Å². The molecule has 0 spiro atoms. The number of likely N-dealkylation sites (tertiary alicyclic amines) is 1. The van der Waals surface area contributed by atoms with Gasteiger partial charge in [-0.15, -0.1) is 0 Å². The van der Waals surface area contributed by atoms with Crippen LogP contribution in [0.5, 0.6) is 0 Å². The average Bonchev–Trinajstić information content (AvgIpc) is 3.67. The summed E-state index contributed by atoms with van der Waals surface area (Å²) in [6, 6.07) is 10.9. The summed E-state index contributed by atoms with van der Waals surface area (Å²) in [6.07, 6.45) is 5.96. The number of carbonyl (C=O) groups excluding carboxylic acids is 3. The lowest BCUT2D eigenvalue weighted by molar-refractivity contribution is -0.384. The summed E-state index contributed by atoms with van der Waals surface area (Å²) in [5.41, 5.74) is 1.60. The van der Waals surface area contributed by atoms with Gasteiger partial charge in [0.2, 0.25) is 11.8 Å². The number of benzene rings is 2. The number of rotatable bonds is 6. The Labute approximate surface area is 216 Å². The van der Waals surface area contributed by atoms with E-state index in [-0.39, 0.29) is 53.4 Å². The number of halogens is 1. The molecule has 1 heterocycles. The van der Waals surface area contributed by atoms with Crippen LogP contribution in [-0.2, 0) is 16.0 Å². The molecule has 6 atom stereocenters. The third kappa shape index (κ3) is 3.43. The number of aryl methyl sites for hydroxylation is 1. The smallest absolute Gasteiger partial charge is 0.269 e. The van der Waals surface area contributed by atoms with Gasteiger partial charge in [0.15, 0.2) is 0 Å². The van der Waals surface area contributed by atoms with Crippen molar-refractivity contribution in [2.45, 2.75) is 19.8 Å². The number of nitro groups is 1. The molecule has 0 aromatic heterocycles. The van der Waals surface area contributed by atoms with Gasteiger partial charge in [0.1, 0.15) is 6.67 Å². The predicted molar refractivity (Wildman–Crippen MR) is 135 cm³/mol. The van der Waals surface area contributed by atoms with Gasteiger partial charge in [-0.1, -0.05) is 35.0 Å². The predicted octanol–water partition coefficient (Wildman–Crippen LogP) is 4.58. The number of nitrogens with zero attached hydrogens (tertiary/aromatic N) is 3. The first kappa shape index (κ1) is 23.1. The maximum Gasteiger partial charge on any atom is 0.269 e. The van der Waals surface area contributed by atoms with Crippen molar-refractivity contribution in [2.75, 3.05) is 11.6 Å². The zero-order valence-electron chi connectivity index (χ0n) is 19.5. The van der Waals surface area contributed by atoms with Gasteiger partial charge < -0.3 is 0 Å². The molecule has 2 bridgehead atoms. The Morgan fingerprint density at radius 2 is 1.67 bits per heavy atom. The highest BCUT2D eigenvalue weighted by Gasteiger charge is 2.67. The van der Waals surface area contributed by atoms with Gasteiger partial charge in [-0.05, 0) is 72.4 Å². The van der Waals surface area contributed by atoms with E-state index in [9.17, 15) is 24.5 Å². The number of non-ortho nitro benzene ring substituents is 1. The first-order chi connectivity index (χ1) is 17.3. The summed E-state index contributed by atoms with van der Waals surface area (Å²) in [4.78, 5) is 54.3. The van der Waals surface area contributed by atoms with Gasteiger partial charge in [-0.2, -0.15) is 0 Å². The molecule has 5 aliphatic rings. The van der Waals surface area contributed by atoms with Crippen molar-refractivity contribution in [1.82, 2.24) is 4.90 Å². The number of carbonyl (C=O) groups is 3. The number of hydrogen-bond acceptors (Lipinski definition) is 5. The molecule has 2 saturated carbocycles. The van der Waals surface area contributed by atoms with E-state index in [0.29, 0.717) is 23.9 Å². The van der Waals surface area contributed by atoms with E-state index in [0.717, 1.165) is 16.5 Å². The molecule has 8 nitrogen and oxygen atoms in total. The molecule has 2 aromatic carbocycles. The highest BCUT2D eigenvalue weighted by Crippen LogP contribution is 2.65. The molecule has 7 rings (SSSR count). The maximum atomic E-state index is 13.8. The van der Waals surface area contributed by atoms with Gasteiger partial charge in [-0.25, -0.2) is 0 Å². The van der Waals surface area contributed by atoms with Crippen LogP contribution in [0.4, 0.5) is 11.4 Å². The monoisotopic (exact) mass is 549 g/mol. The van der Waals surface area contributed by atoms with Crippen LogP contribution in [0, 0.1) is 45.6 Å². The van der Waals surface area contributed by atoms with E-state index >= 15 is 0 Å². The van der Waals surface area contributed by atoms with Crippen LogP contribution in [0.1, 0.15) is 29.3 Å². The number of hydrogen-bond donors (Lipinski definition) is 0. The minimum Gasteiger partial charge on any atom is -0.289 e. The molecule has 3 fully saturated rings. The summed E-state index contributed by atoms with van der Waals surface area (Å²) >= 11 is 3.48. The van der Waals surface area contributed by atoms with Crippen LogP contribution < -0.4 is 4.90 Å². The number of anilines is 1. The number of nitro benzene ring substituents is 1. The second-order valence-corrected chi connectivity index (χ2v) is 11.0. The molecule has 0 N–H and O–H groups in total. The summed E-state index contributed by atoms with van der Waals surface area (Å²) in [6.45, 7) is 1.78. The van der Waals surface area contributed by atoms with E-state index in [2.05, 4.69) is 28.1 Å². The quantitative estimate of drug-likeness (QED) is 0.227. The number of allylic oxidation sites excluding steroid dienone is 2. The second-order valence-electron chi connectivity index (χ2n) is 10.1. The zero-order valence-corrected chi connectivity index (χ0v) is 21.1. The van der Waals surface area contributed by atoms with Crippen molar-refractivity contribution < 1.29 is 19.3 Å². The highest BCUT2D eigenvalue weighted by atomic mass is 79.9. The zero-order chi connectivity index (χ0) is 25.3. The molecule has 184 valence electrons. The SMILES string of the molecule is CCc1cc(Br)ccc1N(CN1C(=O)C2C3C=CC(C4CC34)C2C1=O)C(=O)c1ccc([N+](=O)[O-])cc1. The summed E-state index contributed by atoms with van der Waals surface area (Å²) in [5, 5.41) is 11.1. The summed E-state index contributed by atoms with van der Waals surface area (Å²) in [7, 11) is 0. The molecule has 1 saturated heterocycles. The third-order valence-corrected chi connectivity index (χ3v) is 8.81. The normalized spacial score (nSPS) is 29.2. The van der Waals surface area contributed by atoms with Gasteiger partial charge in [0.25, 0.3) is 11.6 Å². The van der Waals surface area contributed by atoms with E-state index in [1.165, 1.54) is 34.1 Å². The highest BCUT2D eigenvalue weighted by molar-refractivity contribution is 9.10. The summed E-state index contributed by atoms with van der Waals surface area (Å²) in [5.74, 6) is -0.332. The topological polar surface area (TPSA) is 101 Å². The molecule has 4 aliphatic carbocycles. The number of amides is 3. The van der Waals surface area contributed by atoms with Crippen molar-refractivity contribution >= 4 is 45.0 Å². The minimum atomic E-state index is -0.522. The maximum absolute atomic E-state index is 13.8. The van der Waals surface area contributed by atoms with Crippen LogP contribution in [0.2, 0.25) is 0 Å². The van der Waals surface area contributed by atoms with Crippen molar-refractivity contribution in [2.24, 2.45) is 35.5 Å². The van der Waals surface area contributed by atoms with Gasteiger partial charge in [-0.3, -0.25) is 34.3 Å². The molecule has 1 aliphatic heterocycles. The Morgan fingerprint density at radius 1 is 1.06 bits per heavy atom. The fourth-order valence-corrected chi connectivity index (χ4v) is 6.94. The lowest BCUT2D eigenvalue weighted by Crippen LogP contribution is -2.45. The Hall–Kier alpha value is -3.33. The fraction of sp³-hybridized carbons (Fsp3) is 0.370. The van der Waals surface area contributed by atoms with E-state index in [4.69, 9.17) is 0 Å². The van der Waals surface area contributed by atoms with Crippen LogP contribution in [0.3, 0.4) is 0 Å². The van der Waals surface area contributed by atoms with Crippen molar-refractivity contribution in [3.05, 3.63) is 80.3 Å². The van der Waals surface area contributed by atoms with Gasteiger partial charge in [0.05, 0.1) is 16.8 Å². The van der Waals surface area contributed by atoms with Gasteiger partial charge in [0, 0.05) is 27.9 Å². The Balaban J connectivity index is 1.36. The van der Waals surface area contributed by atoms with Crippen molar-refractivity contribution in [1.29, 1.82) is 0 Å². The molecule has 9 heteroatoms.